The Labute approximate surface area is 118 Å². The van der Waals surface area contributed by atoms with E-state index in [2.05, 4.69) is 9.88 Å². The van der Waals surface area contributed by atoms with E-state index in [9.17, 15) is 15.0 Å². The summed E-state index contributed by atoms with van der Waals surface area (Å²) in [6.07, 6.45) is 0.536. The van der Waals surface area contributed by atoms with E-state index in [1.54, 1.807) is 12.1 Å². The minimum absolute atomic E-state index is 0.0932. The maximum absolute atomic E-state index is 11.4. The van der Waals surface area contributed by atoms with E-state index >= 15 is 0 Å². The zero-order valence-electron chi connectivity index (χ0n) is 12.1. The quantitative estimate of drug-likeness (QED) is 0.822. The Kier molecular flexibility index (Phi) is 3.74. The third-order valence-corrected chi connectivity index (χ3v) is 3.68. The number of carboxylic acid groups (broad SMARTS) is 1. The second-order valence-electron chi connectivity index (χ2n) is 6.18. The van der Waals surface area contributed by atoms with Crippen LogP contribution in [0.25, 0.3) is 0 Å². The van der Waals surface area contributed by atoms with E-state index in [1.807, 2.05) is 20.8 Å². The standard InChI is InChI=1S/C14H21N3O3/c1-14(2,3)11-9-16(6-7-17(11)13(19)20)12-5-4-10(18)8-15-12/h4-5,8,11,18H,6-7,9H2,1-3H3,(H,19,20). The average Bonchev–Trinajstić information content (AvgIpc) is 2.38. The summed E-state index contributed by atoms with van der Waals surface area (Å²) in [5, 5.41) is 18.6. The van der Waals surface area contributed by atoms with Gasteiger partial charge in [-0.3, -0.25) is 0 Å². The van der Waals surface area contributed by atoms with Gasteiger partial charge in [-0.25, -0.2) is 9.78 Å². The predicted molar refractivity (Wildman–Crippen MR) is 76.1 cm³/mol. The molecule has 0 aliphatic carbocycles. The lowest BCUT2D eigenvalue weighted by Crippen LogP contribution is -2.59. The molecule has 6 heteroatoms. The monoisotopic (exact) mass is 279 g/mol. The van der Waals surface area contributed by atoms with Gasteiger partial charge in [0.05, 0.1) is 12.2 Å². The van der Waals surface area contributed by atoms with Gasteiger partial charge in [0.1, 0.15) is 11.6 Å². The van der Waals surface area contributed by atoms with Crippen molar-refractivity contribution in [3.05, 3.63) is 18.3 Å². The molecule has 0 spiro atoms. The third kappa shape index (κ3) is 2.95. The molecule has 2 heterocycles. The van der Waals surface area contributed by atoms with Gasteiger partial charge in [0, 0.05) is 19.6 Å². The van der Waals surface area contributed by atoms with Gasteiger partial charge in [0.25, 0.3) is 0 Å². The van der Waals surface area contributed by atoms with Crippen molar-refractivity contribution in [1.82, 2.24) is 9.88 Å². The van der Waals surface area contributed by atoms with Crippen molar-refractivity contribution < 1.29 is 15.0 Å². The minimum atomic E-state index is -0.872. The van der Waals surface area contributed by atoms with E-state index < -0.39 is 6.09 Å². The molecular formula is C14H21N3O3. The number of aromatic hydroxyl groups is 1. The van der Waals surface area contributed by atoms with Crippen LogP contribution in [0.3, 0.4) is 0 Å². The Hall–Kier alpha value is -1.98. The first-order valence-electron chi connectivity index (χ1n) is 6.68. The van der Waals surface area contributed by atoms with Crippen LogP contribution in [0.5, 0.6) is 5.75 Å². The average molecular weight is 279 g/mol. The number of amides is 1. The van der Waals surface area contributed by atoms with Gasteiger partial charge in [-0.15, -0.1) is 0 Å². The first-order valence-corrected chi connectivity index (χ1v) is 6.68. The Bertz CT molecular complexity index is 481. The van der Waals surface area contributed by atoms with Gasteiger partial charge in [-0.1, -0.05) is 20.8 Å². The van der Waals surface area contributed by atoms with Crippen molar-refractivity contribution in [2.24, 2.45) is 5.41 Å². The van der Waals surface area contributed by atoms with E-state index in [4.69, 9.17) is 0 Å². The SMILES string of the molecule is CC(C)(C)C1CN(c2ccc(O)cn2)CCN1C(=O)O. The second-order valence-corrected chi connectivity index (χ2v) is 6.18. The normalized spacial score (nSPS) is 20.1. The molecule has 1 amide bonds. The molecule has 110 valence electrons. The Morgan fingerprint density at radius 3 is 2.55 bits per heavy atom. The lowest BCUT2D eigenvalue weighted by molar-refractivity contribution is 0.0747. The Morgan fingerprint density at radius 2 is 2.05 bits per heavy atom. The van der Waals surface area contributed by atoms with Gasteiger partial charge in [0.15, 0.2) is 0 Å². The van der Waals surface area contributed by atoms with Crippen molar-refractivity contribution in [2.75, 3.05) is 24.5 Å². The Morgan fingerprint density at radius 1 is 1.35 bits per heavy atom. The highest BCUT2D eigenvalue weighted by atomic mass is 16.4. The number of piperazine rings is 1. The van der Waals surface area contributed by atoms with Gasteiger partial charge >= 0.3 is 6.09 Å². The minimum Gasteiger partial charge on any atom is -0.506 e. The summed E-state index contributed by atoms with van der Waals surface area (Å²) >= 11 is 0. The van der Waals surface area contributed by atoms with Gasteiger partial charge in [0.2, 0.25) is 0 Å². The topological polar surface area (TPSA) is 76.9 Å². The summed E-state index contributed by atoms with van der Waals surface area (Å²) in [6, 6.07) is 3.26. The van der Waals surface area contributed by atoms with Crippen molar-refractivity contribution >= 4 is 11.9 Å². The van der Waals surface area contributed by atoms with E-state index in [-0.39, 0.29) is 17.2 Å². The molecule has 1 aromatic rings. The van der Waals surface area contributed by atoms with Crippen molar-refractivity contribution in [2.45, 2.75) is 26.8 Å². The molecule has 1 saturated heterocycles. The first-order chi connectivity index (χ1) is 9.29. The second kappa shape index (κ2) is 5.19. The number of hydrogen-bond acceptors (Lipinski definition) is 4. The molecule has 1 aliphatic heterocycles. The largest absolute Gasteiger partial charge is 0.506 e. The summed E-state index contributed by atoms with van der Waals surface area (Å²) < 4.78 is 0. The maximum Gasteiger partial charge on any atom is 0.407 e. The molecule has 2 N–H and O–H groups in total. The molecular weight excluding hydrogens is 258 g/mol. The van der Waals surface area contributed by atoms with Crippen LogP contribution in [-0.4, -0.2) is 51.9 Å². The van der Waals surface area contributed by atoms with Crippen LogP contribution in [-0.2, 0) is 0 Å². The third-order valence-electron chi connectivity index (χ3n) is 3.68. The smallest absolute Gasteiger partial charge is 0.407 e. The van der Waals surface area contributed by atoms with Crippen LogP contribution < -0.4 is 4.90 Å². The zero-order valence-corrected chi connectivity index (χ0v) is 12.1. The van der Waals surface area contributed by atoms with Crippen LogP contribution in [0, 0.1) is 5.41 Å². The van der Waals surface area contributed by atoms with Crippen LogP contribution in [0.4, 0.5) is 10.6 Å². The predicted octanol–water partition coefficient (Wildman–Crippen LogP) is 2.00. The molecule has 1 aliphatic rings. The molecule has 1 atom stereocenters. The summed E-state index contributed by atoms with van der Waals surface area (Å²) in [6.45, 7) is 7.80. The van der Waals surface area contributed by atoms with E-state index in [1.165, 1.54) is 11.1 Å². The molecule has 1 aromatic heterocycles. The summed E-state index contributed by atoms with van der Waals surface area (Å²) in [5.41, 5.74) is -0.145. The highest BCUT2D eigenvalue weighted by Crippen LogP contribution is 2.29. The molecule has 0 saturated carbocycles. The lowest BCUT2D eigenvalue weighted by atomic mass is 9.84. The van der Waals surface area contributed by atoms with Gasteiger partial charge < -0.3 is 20.0 Å². The van der Waals surface area contributed by atoms with E-state index in [0.29, 0.717) is 19.6 Å². The fraction of sp³-hybridized carbons (Fsp3) is 0.571. The summed E-state index contributed by atoms with van der Waals surface area (Å²) in [5.74, 6) is 0.896. The fourth-order valence-corrected chi connectivity index (χ4v) is 2.53. The molecule has 2 rings (SSSR count). The van der Waals surface area contributed by atoms with E-state index in [0.717, 1.165) is 5.82 Å². The number of aromatic nitrogens is 1. The number of hydrogen-bond donors (Lipinski definition) is 2. The fourth-order valence-electron chi connectivity index (χ4n) is 2.53. The summed E-state index contributed by atoms with van der Waals surface area (Å²) in [7, 11) is 0. The number of nitrogens with zero attached hydrogens (tertiary/aromatic N) is 3. The number of carbonyl (C=O) groups is 1. The summed E-state index contributed by atoms with van der Waals surface area (Å²) in [4.78, 5) is 19.1. The molecule has 0 aromatic carbocycles. The zero-order chi connectivity index (χ0) is 14.9. The van der Waals surface area contributed by atoms with Crippen LogP contribution in [0.2, 0.25) is 0 Å². The Balaban J connectivity index is 2.20. The van der Waals surface area contributed by atoms with Crippen molar-refractivity contribution in [3.8, 4) is 5.75 Å². The first kappa shape index (κ1) is 14.4. The van der Waals surface area contributed by atoms with Crippen LogP contribution in [0.15, 0.2) is 18.3 Å². The van der Waals surface area contributed by atoms with Crippen molar-refractivity contribution in [1.29, 1.82) is 0 Å². The molecule has 0 bridgehead atoms. The number of anilines is 1. The van der Waals surface area contributed by atoms with Gasteiger partial charge in [-0.2, -0.15) is 0 Å². The molecule has 1 unspecified atom stereocenters. The number of rotatable bonds is 1. The van der Waals surface area contributed by atoms with Gasteiger partial charge in [-0.05, 0) is 17.5 Å². The lowest BCUT2D eigenvalue weighted by Gasteiger charge is -2.46. The van der Waals surface area contributed by atoms with Crippen molar-refractivity contribution in [3.63, 3.8) is 0 Å². The highest BCUT2D eigenvalue weighted by Gasteiger charge is 2.38. The highest BCUT2D eigenvalue weighted by molar-refractivity contribution is 5.66. The molecule has 6 nitrogen and oxygen atoms in total. The van der Waals surface area contributed by atoms with Crippen LogP contribution in [0.1, 0.15) is 20.8 Å². The maximum atomic E-state index is 11.4. The molecule has 20 heavy (non-hydrogen) atoms. The van der Waals surface area contributed by atoms with Crippen LogP contribution >= 0.6 is 0 Å². The molecule has 0 radical (unpaired) electrons. The number of pyridine rings is 1. The molecule has 1 fully saturated rings.